The SMILES string of the molecule is NC1(CO)CCCC(Sc2ccc(F)cc2F)C1. The molecule has 2 unspecified atom stereocenters. The van der Waals surface area contributed by atoms with E-state index in [2.05, 4.69) is 0 Å². The minimum absolute atomic E-state index is 0.0457. The molecular formula is C13H17F2NOS. The van der Waals surface area contributed by atoms with Gasteiger partial charge in [-0.15, -0.1) is 11.8 Å². The first-order chi connectivity index (χ1) is 8.52. The maximum atomic E-state index is 13.5. The van der Waals surface area contributed by atoms with Gasteiger partial charge in [0.2, 0.25) is 0 Å². The van der Waals surface area contributed by atoms with Gasteiger partial charge in [-0.05, 0) is 31.4 Å². The molecule has 1 saturated carbocycles. The van der Waals surface area contributed by atoms with E-state index in [-0.39, 0.29) is 11.9 Å². The summed E-state index contributed by atoms with van der Waals surface area (Å²) < 4.78 is 26.3. The number of nitrogens with two attached hydrogens (primary N) is 1. The van der Waals surface area contributed by atoms with Gasteiger partial charge >= 0.3 is 0 Å². The summed E-state index contributed by atoms with van der Waals surface area (Å²) in [7, 11) is 0. The molecule has 1 aliphatic carbocycles. The third-order valence-corrected chi connectivity index (χ3v) is 4.66. The highest BCUT2D eigenvalue weighted by atomic mass is 32.2. The fourth-order valence-electron chi connectivity index (χ4n) is 2.33. The van der Waals surface area contributed by atoms with Crippen LogP contribution in [-0.2, 0) is 0 Å². The van der Waals surface area contributed by atoms with Gasteiger partial charge < -0.3 is 10.8 Å². The van der Waals surface area contributed by atoms with Crippen molar-refractivity contribution >= 4 is 11.8 Å². The molecule has 100 valence electrons. The van der Waals surface area contributed by atoms with Gasteiger partial charge in [-0.1, -0.05) is 6.42 Å². The number of aliphatic hydroxyl groups excluding tert-OH is 1. The van der Waals surface area contributed by atoms with Crippen molar-refractivity contribution in [2.45, 2.75) is 41.4 Å². The molecular weight excluding hydrogens is 256 g/mol. The van der Waals surface area contributed by atoms with E-state index in [1.54, 1.807) is 0 Å². The highest BCUT2D eigenvalue weighted by Gasteiger charge is 2.32. The average Bonchev–Trinajstić information content (AvgIpc) is 2.33. The summed E-state index contributed by atoms with van der Waals surface area (Å²) in [6.07, 6.45) is 3.33. The molecule has 5 heteroatoms. The van der Waals surface area contributed by atoms with Crippen LogP contribution in [0, 0.1) is 11.6 Å². The van der Waals surface area contributed by atoms with E-state index >= 15 is 0 Å². The van der Waals surface area contributed by atoms with Crippen LogP contribution >= 0.6 is 11.8 Å². The first-order valence-electron chi connectivity index (χ1n) is 6.04. The third kappa shape index (κ3) is 3.22. The van der Waals surface area contributed by atoms with Gasteiger partial charge in [0.25, 0.3) is 0 Å². The van der Waals surface area contributed by atoms with Crippen LogP contribution in [0.4, 0.5) is 8.78 Å². The molecule has 2 atom stereocenters. The Morgan fingerprint density at radius 2 is 2.22 bits per heavy atom. The number of hydrogen-bond donors (Lipinski definition) is 2. The molecule has 0 radical (unpaired) electrons. The number of benzene rings is 1. The Morgan fingerprint density at radius 3 is 2.89 bits per heavy atom. The largest absolute Gasteiger partial charge is 0.394 e. The Hall–Kier alpha value is -0.650. The molecule has 0 saturated heterocycles. The van der Waals surface area contributed by atoms with Crippen molar-refractivity contribution in [3.63, 3.8) is 0 Å². The van der Waals surface area contributed by atoms with E-state index in [9.17, 15) is 13.9 Å². The predicted molar refractivity (Wildman–Crippen MR) is 68.5 cm³/mol. The van der Waals surface area contributed by atoms with Crippen LogP contribution in [0.1, 0.15) is 25.7 Å². The molecule has 1 fully saturated rings. The lowest BCUT2D eigenvalue weighted by Crippen LogP contribution is -2.48. The Balaban J connectivity index is 2.05. The number of aliphatic hydroxyl groups is 1. The van der Waals surface area contributed by atoms with Crippen molar-refractivity contribution in [1.29, 1.82) is 0 Å². The van der Waals surface area contributed by atoms with Crippen LogP contribution < -0.4 is 5.73 Å². The van der Waals surface area contributed by atoms with E-state index in [4.69, 9.17) is 5.73 Å². The van der Waals surface area contributed by atoms with Crippen molar-refractivity contribution in [1.82, 2.24) is 0 Å². The summed E-state index contributed by atoms with van der Waals surface area (Å²) in [5.74, 6) is -1.10. The van der Waals surface area contributed by atoms with Gasteiger partial charge in [-0.25, -0.2) is 8.78 Å². The van der Waals surface area contributed by atoms with Gasteiger partial charge in [-0.2, -0.15) is 0 Å². The molecule has 0 bridgehead atoms. The second-order valence-corrected chi connectivity index (χ2v) is 6.27. The Morgan fingerprint density at radius 1 is 1.44 bits per heavy atom. The number of halogens is 2. The Labute approximate surface area is 110 Å². The van der Waals surface area contributed by atoms with Crippen LogP contribution in [0.25, 0.3) is 0 Å². The van der Waals surface area contributed by atoms with Crippen LogP contribution in [0.2, 0.25) is 0 Å². The highest BCUT2D eigenvalue weighted by Crippen LogP contribution is 2.38. The normalized spacial score (nSPS) is 28.3. The van der Waals surface area contributed by atoms with Crippen molar-refractivity contribution in [2.75, 3.05) is 6.61 Å². The summed E-state index contributed by atoms with van der Waals surface area (Å²) >= 11 is 1.38. The lowest BCUT2D eigenvalue weighted by Gasteiger charge is -2.36. The van der Waals surface area contributed by atoms with E-state index in [0.717, 1.165) is 25.3 Å². The minimum Gasteiger partial charge on any atom is -0.394 e. The molecule has 0 aromatic heterocycles. The van der Waals surface area contributed by atoms with Crippen molar-refractivity contribution < 1.29 is 13.9 Å². The zero-order valence-electron chi connectivity index (χ0n) is 10.0. The first kappa shape index (κ1) is 13.8. The van der Waals surface area contributed by atoms with Gasteiger partial charge in [0.1, 0.15) is 11.6 Å². The van der Waals surface area contributed by atoms with Crippen molar-refractivity contribution in [3.8, 4) is 0 Å². The smallest absolute Gasteiger partial charge is 0.139 e. The maximum Gasteiger partial charge on any atom is 0.139 e. The van der Waals surface area contributed by atoms with E-state index < -0.39 is 17.2 Å². The predicted octanol–water partition coefficient (Wildman–Crippen LogP) is 2.69. The lowest BCUT2D eigenvalue weighted by atomic mass is 9.83. The highest BCUT2D eigenvalue weighted by molar-refractivity contribution is 8.00. The fraction of sp³-hybridized carbons (Fsp3) is 0.538. The Bertz CT molecular complexity index is 429. The second-order valence-electron chi connectivity index (χ2n) is 4.93. The van der Waals surface area contributed by atoms with Crippen LogP contribution in [0.5, 0.6) is 0 Å². The summed E-state index contributed by atoms with van der Waals surface area (Å²) in [5.41, 5.74) is 5.50. The molecule has 0 heterocycles. The number of rotatable bonds is 3. The third-order valence-electron chi connectivity index (χ3n) is 3.34. The van der Waals surface area contributed by atoms with E-state index in [0.29, 0.717) is 11.3 Å². The van der Waals surface area contributed by atoms with Crippen molar-refractivity contribution in [3.05, 3.63) is 29.8 Å². The lowest BCUT2D eigenvalue weighted by molar-refractivity contribution is 0.159. The van der Waals surface area contributed by atoms with E-state index in [1.807, 2.05) is 0 Å². The second kappa shape index (κ2) is 5.55. The zero-order chi connectivity index (χ0) is 13.2. The molecule has 1 aromatic rings. The summed E-state index contributed by atoms with van der Waals surface area (Å²) in [6, 6.07) is 3.62. The molecule has 3 N–H and O–H groups in total. The van der Waals surface area contributed by atoms with Crippen LogP contribution in [0.3, 0.4) is 0 Å². The first-order valence-corrected chi connectivity index (χ1v) is 6.92. The molecule has 1 aromatic carbocycles. The molecule has 2 rings (SSSR count). The average molecular weight is 273 g/mol. The van der Waals surface area contributed by atoms with Gasteiger partial charge in [0.05, 0.1) is 6.61 Å². The molecule has 0 amide bonds. The molecule has 0 spiro atoms. The molecule has 2 nitrogen and oxygen atoms in total. The van der Waals surface area contributed by atoms with E-state index in [1.165, 1.54) is 23.9 Å². The number of thioether (sulfide) groups is 1. The van der Waals surface area contributed by atoms with Crippen LogP contribution in [0.15, 0.2) is 23.1 Å². The molecule has 0 aliphatic heterocycles. The Kier molecular flexibility index (Phi) is 4.25. The fourth-order valence-corrected chi connectivity index (χ4v) is 3.71. The maximum absolute atomic E-state index is 13.5. The van der Waals surface area contributed by atoms with Crippen molar-refractivity contribution in [2.24, 2.45) is 5.73 Å². The van der Waals surface area contributed by atoms with Gasteiger partial charge in [0, 0.05) is 21.8 Å². The summed E-state index contributed by atoms with van der Waals surface area (Å²) in [6.45, 7) is -0.0457. The quantitative estimate of drug-likeness (QED) is 0.890. The topological polar surface area (TPSA) is 46.2 Å². The zero-order valence-corrected chi connectivity index (χ0v) is 10.9. The number of hydrogen-bond acceptors (Lipinski definition) is 3. The standard InChI is InChI=1S/C13H17F2NOS/c14-9-3-4-12(11(15)6-9)18-10-2-1-5-13(16,7-10)8-17/h3-4,6,10,17H,1-2,5,7-8,16H2. The van der Waals surface area contributed by atoms with Crippen LogP contribution in [-0.4, -0.2) is 22.5 Å². The van der Waals surface area contributed by atoms with Gasteiger partial charge in [0.15, 0.2) is 0 Å². The monoisotopic (exact) mass is 273 g/mol. The van der Waals surface area contributed by atoms with Gasteiger partial charge in [-0.3, -0.25) is 0 Å². The summed E-state index contributed by atoms with van der Waals surface area (Å²) in [4.78, 5) is 0.448. The minimum atomic E-state index is -0.566. The summed E-state index contributed by atoms with van der Waals surface area (Å²) in [5, 5.41) is 9.44. The molecule has 1 aliphatic rings. The molecule has 18 heavy (non-hydrogen) atoms.